The highest BCUT2D eigenvalue weighted by atomic mass is 16.1. The van der Waals surface area contributed by atoms with Gasteiger partial charge in [0.25, 0.3) is 5.56 Å². The topological polar surface area (TPSA) is 53.0 Å². The Bertz CT molecular complexity index is 586. The first kappa shape index (κ1) is 9.28. The average Bonchev–Trinajstić information content (AvgIpc) is 2.64. The number of nitrogens with zero attached hydrogens (tertiary/aromatic N) is 1. The van der Waals surface area contributed by atoms with Crippen LogP contribution >= 0.6 is 0 Å². The predicted molar refractivity (Wildman–Crippen MR) is 57.8 cm³/mol. The van der Waals surface area contributed by atoms with Crippen LogP contribution in [0.4, 0.5) is 5.69 Å². The molecule has 0 radical (unpaired) electrons. The molecule has 2 aromatic rings. The summed E-state index contributed by atoms with van der Waals surface area (Å²) < 4.78 is 0. The van der Waals surface area contributed by atoms with Crippen molar-refractivity contribution in [3.05, 3.63) is 51.7 Å². The zero-order valence-corrected chi connectivity index (χ0v) is 8.16. The Morgan fingerprint density at radius 1 is 1.33 bits per heavy atom. The molecule has 0 bridgehead atoms. The van der Waals surface area contributed by atoms with E-state index in [9.17, 15) is 4.79 Å². The fourth-order valence-electron chi connectivity index (χ4n) is 1.53. The van der Waals surface area contributed by atoms with E-state index in [2.05, 4.69) is 15.0 Å². The van der Waals surface area contributed by atoms with Crippen molar-refractivity contribution < 1.29 is 0 Å². The zero-order valence-electron chi connectivity index (χ0n) is 8.16. The third-order valence-corrected chi connectivity index (χ3v) is 2.28. The highest BCUT2D eigenvalue weighted by molar-refractivity contribution is 5.68. The van der Waals surface area contributed by atoms with Crippen molar-refractivity contribution in [3.8, 4) is 11.1 Å². The predicted octanol–water partition coefficient (Wildman–Crippen LogP) is 2.23. The maximum atomic E-state index is 11.4. The Kier molecular flexibility index (Phi) is 2.14. The molecule has 74 valence electrons. The van der Waals surface area contributed by atoms with Gasteiger partial charge in [-0.05, 0) is 12.5 Å². The Balaban J connectivity index is 2.61. The first-order chi connectivity index (χ1) is 7.22. The van der Waals surface area contributed by atoms with E-state index in [0.717, 1.165) is 11.1 Å². The number of aromatic amines is 2. The normalized spacial score (nSPS) is 9.87. The zero-order chi connectivity index (χ0) is 10.8. The van der Waals surface area contributed by atoms with Crippen LogP contribution in [0, 0.1) is 13.5 Å². The standard InChI is InChI=1S/C11H9N3O/c1-7-5-8(12-2)3-4-9(7)10-6-13-14-11(10)15/h3-6H,1H3,(H2,13,14,15). The van der Waals surface area contributed by atoms with Crippen molar-refractivity contribution in [1.82, 2.24) is 10.2 Å². The second kappa shape index (κ2) is 3.46. The summed E-state index contributed by atoms with van der Waals surface area (Å²) in [4.78, 5) is 14.7. The van der Waals surface area contributed by atoms with E-state index in [1.54, 1.807) is 24.4 Å². The molecule has 1 heterocycles. The van der Waals surface area contributed by atoms with Gasteiger partial charge in [0, 0.05) is 6.20 Å². The summed E-state index contributed by atoms with van der Waals surface area (Å²) in [5, 5.41) is 5.14. The van der Waals surface area contributed by atoms with Gasteiger partial charge in [0.2, 0.25) is 0 Å². The number of benzene rings is 1. The minimum Gasteiger partial charge on any atom is -0.305 e. The van der Waals surface area contributed by atoms with Crippen molar-refractivity contribution in [2.45, 2.75) is 6.92 Å². The number of aryl methyl sites for hydroxylation is 1. The lowest BCUT2D eigenvalue weighted by atomic mass is 10.0. The lowest BCUT2D eigenvalue weighted by Crippen LogP contribution is -2.01. The largest absolute Gasteiger partial charge is 0.305 e. The van der Waals surface area contributed by atoms with E-state index >= 15 is 0 Å². The molecule has 0 saturated carbocycles. The molecule has 0 amide bonds. The summed E-state index contributed by atoms with van der Waals surface area (Å²) in [5.74, 6) is 0. The lowest BCUT2D eigenvalue weighted by Gasteiger charge is -2.02. The van der Waals surface area contributed by atoms with Crippen molar-refractivity contribution >= 4 is 5.69 Å². The summed E-state index contributed by atoms with van der Waals surface area (Å²) in [6.07, 6.45) is 1.63. The van der Waals surface area contributed by atoms with Crippen LogP contribution in [0.15, 0.2) is 29.2 Å². The first-order valence-electron chi connectivity index (χ1n) is 4.47. The van der Waals surface area contributed by atoms with Crippen molar-refractivity contribution in [3.63, 3.8) is 0 Å². The summed E-state index contributed by atoms with van der Waals surface area (Å²) in [5.41, 5.74) is 2.82. The van der Waals surface area contributed by atoms with Crippen molar-refractivity contribution in [2.24, 2.45) is 0 Å². The third kappa shape index (κ3) is 1.55. The van der Waals surface area contributed by atoms with Crippen LogP contribution in [0.25, 0.3) is 16.0 Å². The number of aromatic nitrogens is 2. The Morgan fingerprint density at radius 2 is 2.13 bits per heavy atom. The molecule has 4 nitrogen and oxygen atoms in total. The van der Waals surface area contributed by atoms with Gasteiger partial charge in [0.05, 0.1) is 12.1 Å². The molecule has 4 heteroatoms. The van der Waals surface area contributed by atoms with Crippen LogP contribution in [-0.4, -0.2) is 10.2 Å². The Hall–Kier alpha value is -2.28. The molecular weight excluding hydrogens is 190 g/mol. The van der Waals surface area contributed by atoms with Crippen molar-refractivity contribution in [1.29, 1.82) is 0 Å². The van der Waals surface area contributed by atoms with Crippen LogP contribution in [0.2, 0.25) is 0 Å². The number of hydrogen-bond donors (Lipinski definition) is 2. The van der Waals surface area contributed by atoms with Gasteiger partial charge >= 0.3 is 0 Å². The van der Waals surface area contributed by atoms with Gasteiger partial charge in [-0.15, -0.1) is 0 Å². The minimum absolute atomic E-state index is 0.145. The van der Waals surface area contributed by atoms with E-state index in [-0.39, 0.29) is 5.56 Å². The second-order valence-corrected chi connectivity index (χ2v) is 3.27. The molecule has 1 aromatic heterocycles. The van der Waals surface area contributed by atoms with E-state index in [4.69, 9.17) is 6.57 Å². The molecule has 0 aliphatic carbocycles. The van der Waals surface area contributed by atoms with Crippen LogP contribution in [0.3, 0.4) is 0 Å². The minimum atomic E-state index is -0.145. The Morgan fingerprint density at radius 3 is 2.67 bits per heavy atom. The maximum Gasteiger partial charge on any atom is 0.271 e. The van der Waals surface area contributed by atoms with Gasteiger partial charge in [-0.25, -0.2) is 4.85 Å². The molecule has 2 rings (SSSR count). The highest BCUT2D eigenvalue weighted by Crippen LogP contribution is 2.24. The molecule has 0 saturated heterocycles. The Labute approximate surface area is 86.4 Å². The molecule has 0 unspecified atom stereocenters. The molecule has 0 spiro atoms. The van der Waals surface area contributed by atoms with Crippen LogP contribution in [0.5, 0.6) is 0 Å². The molecule has 0 fully saturated rings. The van der Waals surface area contributed by atoms with Gasteiger partial charge in [0.15, 0.2) is 5.69 Å². The summed E-state index contributed by atoms with van der Waals surface area (Å²) in [6, 6.07) is 5.28. The van der Waals surface area contributed by atoms with Crippen LogP contribution < -0.4 is 5.56 Å². The quantitative estimate of drug-likeness (QED) is 0.680. The van der Waals surface area contributed by atoms with Gasteiger partial charge in [-0.3, -0.25) is 9.89 Å². The molecule has 0 atom stereocenters. The SMILES string of the molecule is [C-]#[N+]c1ccc(-c2c[nH][nH]c2=O)c(C)c1. The first-order valence-corrected chi connectivity index (χ1v) is 4.47. The molecule has 2 N–H and O–H groups in total. The fraction of sp³-hybridized carbons (Fsp3) is 0.0909. The van der Waals surface area contributed by atoms with E-state index in [1.807, 2.05) is 6.92 Å². The number of nitrogens with one attached hydrogen (secondary N) is 2. The van der Waals surface area contributed by atoms with Crippen LogP contribution in [0.1, 0.15) is 5.56 Å². The highest BCUT2D eigenvalue weighted by Gasteiger charge is 2.07. The van der Waals surface area contributed by atoms with Crippen LogP contribution in [-0.2, 0) is 0 Å². The van der Waals surface area contributed by atoms with Gasteiger partial charge in [0.1, 0.15) is 0 Å². The van der Waals surface area contributed by atoms with E-state index in [1.165, 1.54) is 0 Å². The van der Waals surface area contributed by atoms with Crippen molar-refractivity contribution in [2.75, 3.05) is 0 Å². The smallest absolute Gasteiger partial charge is 0.271 e. The van der Waals surface area contributed by atoms with Gasteiger partial charge in [-0.2, -0.15) is 0 Å². The molecule has 0 aliphatic rings. The average molecular weight is 199 g/mol. The monoisotopic (exact) mass is 199 g/mol. The molecule has 1 aromatic carbocycles. The fourth-order valence-corrected chi connectivity index (χ4v) is 1.53. The number of hydrogen-bond acceptors (Lipinski definition) is 1. The second-order valence-electron chi connectivity index (χ2n) is 3.27. The lowest BCUT2D eigenvalue weighted by molar-refractivity contribution is 1.06. The number of rotatable bonds is 1. The third-order valence-electron chi connectivity index (χ3n) is 2.28. The number of H-pyrrole nitrogens is 2. The molecule has 15 heavy (non-hydrogen) atoms. The van der Waals surface area contributed by atoms with Gasteiger partial charge < -0.3 is 5.10 Å². The maximum absolute atomic E-state index is 11.4. The van der Waals surface area contributed by atoms with E-state index < -0.39 is 0 Å². The summed E-state index contributed by atoms with van der Waals surface area (Å²) in [7, 11) is 0. The van der Waals surface area contributed by atoms with E-state index in [0.29, 0.717) is 11.3 Å². The molecular formula is C11H9N3O. The summed E-state index contributed by atoms with van der Waals surface area (Å²) >= 11 is 0. The summed E-state index contributed by atoms with van der Waals surface area (Å²) in [6.45, 7) is 8.76. The molecule has 0 aliphatic heterocycles. The van der Waals surface area contributed by atoms with Gasteiger partial charge in [-0.1, -0.05) is 23.8 Å².